The molecule has 0 N–H and O–H groups in total. The highest BCUT2D eigenvalue weighted by Crippen LogP contribution is 2.27. The third-order valence-corrected chi connectivity index (χ3v) is 6.16. The fourth-order valence-electron chi connectivity index (χ4n) is 3.54. The first-order chi connectivity index (χ1) is 14.1. The maximum atomic E-state index is 13.0. The molecule has 0 aliphatic carbocycles. The predicted molar refractivity (Wildman–Crippen MR) is 118 cm³/mol. The van der Waals surface area contributed by atoms with Gasteiger partial charge in [-0.15, -0.1) is 11.3 Å². The highest BCUT2D eigenvalue weighted by atomic mass is 32.1. The first-order valence-corrected chi connectivity index (χ1v) is 11.0. The minimum Gasteiger partial charge on any atom is -0.459 e. The van der Waals surface area contributed by atoms with E-state index < -0.39 is 11.6 Å². The van der Waals surface area contributed by atoms with Crippen molar-refractivity contribution in [2.75, 3.05) is 13.2 Å². The number of carbonyl (C=O) groups is 1. The van der Waals surface area contributed by atoms with Crippen LogP contribution in [0.5, 0.6) is 0 Å². The van der Waals surface area contributed by atoms with Gasteiger partial charge in [0.1, 0.15) is 17.0 Å². The highest BCUT2D eigenvalue weighted by molar-refractivity contribution is 7.20. The number of aryl methyl sites for hydroxylation is 1. The first-order valence-electron chi connectivity index (χ1n) is 10.2. The number of hydrogen-bond acceptors (Lipinski definition) is 7. The Bertz CT molecular complexity index is 1080. The van der Waals surface area contributed by atoms with Crippen LogP contribution in [0.4, 0.5) is 0 Å². The van der Waals surface area contributed by atoms with Crippen LogP contribution in [0.2, 0.25) is 0 Å². The van der Waals surface area contributed by atoms with Crippen molar-refractivity contribution in [2.24, 2.45) is 4.99 Å². The van der Waals surface area contributed by atoms with Crippen molar-refractivity contribution in [3.63, 3.8) is 0 Å². The molecule has 0 saturated carbocycles. The Labute approximate surface area is 179 Å². The van der Waals surface area contributed by atoms with Crippen molar-refractivity contribution in [3.05, 3.63) is 31.3 Å². The number of thiophene rings is 1. The second-order valence-corrected chi connectivity index (χ2v) is 9.44. The van der Waals surface area contributed by atoms with Crippen LogP contribution in [-0.4, -0.2) is 46.2 Å². The molecule has 164 valence electrons. The smallest absolute Gasteiger partial charge is 0.332 e. The van der Waals surface area contributed by atoms with Crippen molar-refractivity contribution in [2.45, 2.75) is 72.3 Å². The molecule has 0 aromatic carbocycles. The van der Waals surface area contributed by atoms with Gasteiger partial charge < -0.3 is 9.47 Å². The van der Waals surface area contributed by atoms with Crippen LogP contribution in [0.25, 0.3) is 10.2 Å². The van der Waals surface area contributed by atoms with Crippen LogP contribution in [-0.2, 0) is 27.4 Å². The molecule has 0 bridgehead atoms. The van der Waals surface area contributed by atoms with Gasteiger partial charge in [-0.3, -0.25) is 23.7 Å². The van der Waals surface area contributed by atoms with E-state index >= 15 is 0 Å². The second-order valence-electron chi connectivity index (χ2n) is 8.41. The number of aromatic nitrogens is 2. The summed E-state index contributed by atoms with van der Waals surface area (Å²) >= 11 is 1.34. The fourth-order valence-corrected chi connectivity index (χ4v) is 4.74. The topological polar surface area (TPSA) is 91.9 Å². The van der Waals surface area contributed by atoms with Gasteiger partial charge in [0.25, 0.3) is 5.56 Å². The number of hydrogen-bond donors (Lipinski definition) is 0. The van der Waals surface area contributed by atoms with Gasteiger partial charge in [-0.05, 0) is 53.0 Å². The Balaban J connectivity index is 1.99. The zero-order valence-electron chi connectivity index (χ0n) is 18.2. The molecule has 30 heavy (non-hydrogen) atoms. The lowest BCUT2D eigenvalue weighted by atomic mass is 10.2. The average Bonchev–Trinajstić information content (AvgIpc) is 3.26. The van der Waals surface area contributed by atoms with E-state index in [0.29, 0.717) is 29.9 Å². The molecule has 3 rings (SSSR count). The molecule has 3 heterocycles. The Morgan fingerprint density at radius 3 is 2.67 bits per heavy atom. The number of carbonyl (C=O) groups excluding carboxylic acids is 1. The summed E-state index contributed by atoms with van der Waals surface area (Å²) < 4.78 is 13.9. The second kappa shape index (κ2) is 8.85. The van der Waals surface area contributed by atoms with E-state index in [4.69, 9.17) is 9.47 Å². The van der Waals surface area contributed by atoms with Gasteiger partial charge in [-0.2, -0.15) is 0 Å². The number of fused-ring (bicyclic) bond motifs is 1. The zero-order chi connectivity index (χ0) is 22.1. The van der Waals surface area contributed by atoms with Gasteiger partial charge >= 0.3 is 11.7 Å². The summed E-state index contributed by atoms with van der Waals surface area (Å²) in [6.07, 6.45) is 3.43. The maximum absolute atomic E-state index is 13.0. The quantitative estimate of drug-likeness (QED) is 0.513. The lowest BCUT2D eigenvalue weighted by Gasteiger charge is -2.18. The molecule has 9 heteroatoms. The van der Waals surface area contributed by atoms with Crippen LogP contribution >= 0.6 is 11.3 Å². The van der Waals surface area contributed by atoms with Crippen molar-refractivity contribution < 1.29 is 14.3 Å². The number of nitrogens with zero attached hydrogens (tertiary/aromatic N) is 3. The summed E-state index contributed by atoms with van der Waals surface area (Å²) in [5.41, 5.74) is -0.411. The summed E-state index contributed by atoms with van der Waals surface area (Å²) in [6.45, 7) is 10.4. The molecule has 1 fully saturated rings. The highest BCUT2D eigenvalue weighted by Gasteiger charge is 2.23. The third-order valence-electron chi connectivity index (χ3n) is 4.91. The Kier molecular flexibility index (Phi) is 6.62. The lowest BCUT2D eigenvalue weighted by molar-refractivity contribution is -0.152. The van der Waals surface area contributed by atoms with Gasteiger partial charge in [0.2, 0.25) is 0 Å². The molecule has 0 amide bonds. The first kappa shape index (κ1) is 22.4. The van der Waals surface area contributed by atoms with E-state index in [-0.39, 0.29) is 23.9 Å². The molecule has 8 nitrogen and oxygen atoms in total. The van der Waals surface area contributed by atoms with E-state index in [9.17, 15) is 14.4 Å². The summed E-state index contributed by atoms with van der Waals surface area (Å²) in [7, 11) is 0. The third kappa shape index (κ3) is 4.73. The molecule has 2 aromatic rings. The number of aliphatic imine (C=N–C) groups is 1. The van der Waals surface area contributed by atoms with Gasteiger partial charge in [-0.1, -0.05) is 0 Å². The molecular weight excluding hydrogens is 406 g/mol. The van der Waals surface area contributed by atoms with E-state index in [1.807, 2.05) is 6.92 Å². The fraction of sp³-hybridized carbons (Fsp3) is 0.619. The zero-order valence-corrected chi connectivity index (χ0v) is 19.0. The average molecular weight is 436 g/mol. The standard InChI is InChI=1S/C21H29N3O5S/c1-6-23-18(26)17-13(2)15(10-22-11-16(25)29-21(3,4)5)30-19(17)24(20(23)27)12-14-8-7-9-28-14/h10,14H,6-9,11-12H2,1-5H3. The minimum atomic E-state index is -0.566. The molecule has 0 spiro atoms. The molecule has 1 aliphatic rings. The summed E-state index contributed by atoms with van der Waals surface area (Å²) in [5, 5.41) is 0.526. The Morgan fingerprint density at radius 1 is 1.33 bits per heavy atom. The van der Waals surface area contributed by atoms with Crippen LogP contribution in [0.15, 0.2) is 14.6 Å². The van der Waals surface area contributed by atoms with Gasteiger partial charge in [0.05, 0.1) is 22.9 Å². The van der Waals surface area contributed by atoms with E-state index in [1.165, 1.54) is 15.9 Å². The van der Waals surface area contributed by atoms with Gasteiger partial charge in [0, 0.05) is 19.4 Å². The molecule has 1 atom stereocenters. The monoisotopic (exact) mass is 435 g/mol. The van der Waals surface area contributed by atoms with E-state index in [0.717, 1.165) is 23.3 Å². The van der Waals surface area contributed by atoms with Gasteiger partial charge in [-0.25, -0.2) is 4.79 Å². The van der Waals surface area contributed by atoms with Crippen LogP contribution in [0, 0.1) is 6.92 Å². The van der Waals surface area contributed by atoms with Crippen LogP contribution < -0.4 is 11.2 Å². The Hall–Kier alpha value is -2.26. The lowest BCUT2D eigenvalue weighted by Crippen LogP contribution is -2.40. The SMILES string of the molecule is CCn1c(=O)c2c(C)c(C=NCC(=O)OC(C)(C)C)sc2n(CC2CCCO2)c1=O. The molecule has 1 aliphatic heterocycles. The summed E-state index contributed by atoms with van der Waals surface area (Å²) in [4.78, 5) is 43.4. The van der Waals surface area contributed by atoms with E-state index in [1.54, 1.807) is 38.5 Å². The summed E-state index contributed by atoms with van der Waals surface area (Å²) in [6, 6.07) is 0. The Morgan fingerprint density at radius 2 is 2.07 bits per heavy atom. The minimum absolute atomic E-state index is 0.0274. The number of rotatable bonds is 6. The van der Waals surface area contributed by atoms with E-state index in [2.05, 4.69) is 4.99 Å². The van der Waals surface area contributed by atoms with Crippen molar-refractivity contribution in [1.29, 1.82) is 0 Å². The largest absolute Gasteiger partial charge is 0.459 e. The van der Waals surface area contributed by atoms with Crippen LogP contribution in [0.3, 0.4) is 0 Å². The normalized spacial score (nSPS) is 17.3. The van der Waals surface area contributed by atoms with Crippen molar-refractivity contribution in [1.82, 2.24) is 9.13 Å². The predicted octanol–water partition coefficient (Wildman–Crippen LogP) is 2.49. The maximum Gasteiger partial charge on any atom is 0.332 e. The molecular formula is C21H29N3O5S. The van der Waals surface area contributed by atoms with Crippen molar-refractivity contribution in [3.8, 4) is 0 Å². The molecule has 1 saturated heterocycles. The van der Waals surface area contributed by atoms with Crippen LogP contribution in [0.1, 0.15) is 51.0 Å². The molecule has 2 aromatic heterocycles. The number of esters is 1. The number of ether oxygens (including phenoxy) is 2. The van der Waals surface area contributed by atoms with Crippen molar-refractivity contribution >= 4 is 33.7 Å². The molecule has 0 radical (unpaired) electrons. The summed E-state index contributed by atoms with van der Waals surface area (Å²) in [5.74, 6) is -0.416. The van der Waals surface area contributed by atoms with Gasteiger partial charge in [0.15, 0.2) is 0 Å². The molecule has 1 unspecified atom stereocenters.